The summed E-state index contributed by atoms with van der Waals surface area (Å²) in [6.07, 6.45) is 0.0472. The van der Waals surface area contributed by atoms with E-state index in [1.54, 1.807) is 24.3 Å². The van der Waals surface area contributed by atoms with Crippen molar-refractivity contribution in [1.29, 1.82) is 0 Å². The van der Waals surface area contributed by atoms with Crippen LogP contribution in [0.2, 0.25) is 0 Å². The quantitative estimate of drug-likeness (QED) is 0.186. The number of carbonyl (C=O) groups excluding carboxylic acids is 1. The van der Waals surface area contributed by atoms with Crippen molar-refractivity contribution in [2.45, 2.75) is 31.3 Å². The number of anilines is 1. The highest BCUT2D eigenvalue weighted by Crippen LogP contribution is 2.44. The van der Waals surface area contributed by atoms with Crippen molar-refractivity contribution in [1.82, 2.24) is 4.90 Å². The van der Waals surface area contributed by atoms with Gasteiger partial charge in [-0.1, -0.05) is 72.8 Å². The molecule has 2 aliphatic rings. The van der Waals surface area contributed by atoms with E-state index in [0.717, 1.165) is 40.7 Å². The van der Waals surface area contributed by atoms with Crippen LogP contribution in [-0.2, 0) is 11.3 Å². The predicted octanol–water partition coefficient (Wildman–Crippen LogP) is 7.37. The number of nitrogens with zero attached hydrogens (tertiary/aromatic N) is 3. The molecule has 1 saturated heterocycles. The van der Waals surface area contributed by atoms with Crippen LogP contribution in [0, 0.1) is 10.1 Å². The first-order valence-corrected chi connectivity index (χ1v) is 13.9. The lowest BCUT2D eigenvalue weighted by atomic mass is 9.98. The van der Waals surface area contributed by atoms with Gasteiger partial charge in [0.05, 0.1) is 17.5 Å². The average molecular weight is 564 g/mol. The molecule has 0 radical (unpaired) electrons. The molecule has 1 heterocycles. The first-order chi connectivity index (χ1) is 20.4. The smallest absolute Gasteiger partial charge is 0.414 e. The van der Waals surface area contributed by atoms with Crippen LogP contribution < -0.4 is 4.90 Å². The molecule has 212 valence electrons. The van der Waals surface area contributed by atoms with Gasteiger partial charge in [-0.3, -0.25) is 15.0 Å². The molecule has 2 amide bonds. The number of amides is 2. The van der Waals surface area contributed by atoms with Gasteiger partial charge in [-0.05, 0) is 58.4 Å². The van der Waals surface area contributed by atoms with Gasteiger partial charge in [0.1, 0.15) is 6.61 Å². The van der Waals surface area contributed by atoms with Crippen LogP contribution in [0.3, 0.4) is 0 Å². The number of non-ortho nitro benzene ring substituents is 1. The fourth-order valence-corrected chi connectivity index (χ4v) is 6.06. The van der Waals surface area contributed by atoms with Crippen molar-refractivity contribution in [3.05, 3.63) is 129 Å². The molecule has 0 aromatic heterocycles. The van der Waals surface area contributed by atoms with Gasteiger partial charge in [0.2, 0.25) is 0 Å². The first kappa shape index (κ1) is 27.0. The van der Waals surface area contributed by atoms with Crippen LogP contribution in [0.25, 0.3) is 11.1 Å². The molecular formula is C33H29N3O6. The Hall–Kier alpha value is -5.18. The maximum absolute atomic E-state index is 13.7. The third-order valence-corrected chi connectivity index (χ3v) is 8.13. The van der Waals surface area contributed by atoms with Gasteiger partial charge in [0.25, 0.3) is 5.69 Å². The van der Waals surface area contributed by atoms with Crippen LogP contribution in [0.1, 0.15) is 47.1 Å². The minimum Gasteiger partial charge on any atom is -0.465 e. The fraction of sp³-hybridized carbons (Fsp3) is 0.212. The zero-order chi connectivity index (χ0) is 29.2. The van der Waals surface area contributed by atoms with E-state index >= 15 is 0 Å². The number of rotatable bonds is 7. The molecular weight excluding hydrogens is 534 g/mol. The van der Waals surface area contributed by atoms with E-state index in [4.69, 9.17) is 4.74 Å². The largest absolute Gasteiger partial charge is 0.465 e. The van der Waals surface area contributed by atoms with Crippen LogP contribution >= 0.6 is 0 Å². The molecule has 0 bridgehead atoms. The minimum atomic E-state index is -0.944. The van der Waals surface area contributed by atoms with Crippen molar-refractivity contribution in [2.24, 2.45) is 0 Å². The second-order valence-electron chi connectivity index (χ2n) is 10.5. The standard InChI is InChI=1S/C33H29N3O6/c37-32(38)34-19-5-10-31(34)23-13-17-24(18-14-23)35(20-22-11-15-25(16-12-22)36(40)41)33(39)42-21-30-28-8-3-1-6-26(28)27-7-2-4-9-29(27)30/h1-4,6-9,11-18,30-31H,5,10,19-21H2,(H,37,38). The topological polar surface area (TPSA) is 113 Å². The van der Waals surface area contributed by atoms with E-state index in [2.05, 4.69) is 24.3 Å². The maximum Gasteiger partial charge on any atom is 0.414 e. The summed E-state index contributed by atoms with van der Waals surface area (Å²) in [5, 5.41) is 20.7. The van der Waals surface area contributed by atoms with E-state index in [1.807, 2.05) is 36.4 Å². The molecule has 1 unspecified atom stereocenters. The number of hydrogen-bond donors (Lipinski definition) is 1. The number of likely N-dealkylation sites (tertiary alicyclic amines) is 1. The molecule has 9 heteroatoms. The fourth-order valence-electron chi connectivity index (χ4n) is 6.06. The normalized spacial score (nSPS) is 15.6. The Morgan fingerprint density at radius 1 is 0.905 bits per heavy atom. The monoisotopic (exact) mass is 563 g/mol. The third kappa shape index (κ3) is 5.16. The van der Waals surface area contributed by atoms with Crippen LogP contribution in [0.15, 0.2) is 97.1 Å². The van der Waals surface area contributed by atoms with Crippen LogP contribution in [0.4, 0.5) is 21.0 Å². The summed E-state index contributed by atoms with van der Waals surface area (Å²) < 4.78 is 5.96. The Balaban J connectivity index is 1.26. The number of hydrogen-bond acceptors (Lipinski definition) is 5. The van der Waals surface area contributed by atoms with Gasteiger partial charge in [-0.15, -0.1) is 0 Å². The summed E-state index contributed by atoms with van der Waals surface area (Å²) in [4.78, 5) is 39.0. The van der Waals surface area contributed by atoms with Gasteiger partial charge in [0.15, 0.2) is 0 Å². The predicted molar refractivity (Wildman–Crippen MR) is 157 cm³/mol. The SMILES string of the molecule is O=C(OCC1c2ccccc2-c2ccccc21)N(Cc1ccc([N+](=O)[O-])cc1)c1ccc(C2CCCN2C(=O)O)cc1. The number of nitro groups is 1. The van der Waals surface area contributed by atoms with Crippen molar-refractivity contribution in [2.75, 3.05) is 18.1 Å². The molecule has 0 spiro atoms. The zero-order valence-electron chi connectivity index (χ0n) is 22.8. The van der Waals surface area contributed by atoms with Crippen LogP contribution in [0.5, 0.6) is 0 Å². The number of carboxylic acid groups (broad SMARTS) is 1. The number of benzene rings is 4. The highest BCUT2D eigenvalue weighted by Gasteiger charge is 2.31. The summed E-state index contributed by atoms with van der Waals surface area (Å²) in [6.45, 7) is 0.782. The first-order valence-electron chi connectivity index (χ1n) is 13.9. The Labute approximate surface area is 242 Å². The molecule has 0 saturated carbocycles. The lowest BCUT2D eigenvalue weighted by Crippen LogP contribution is -2.32. The molecule has 1 fully saturated rings. The highest BCUT2D eigenvalue weighted by atomic mass is 16.6. The van der Waals surface area contributed by atoms with Gasteiger partial charge in [0, 0.05) is 30.3 Å². The molecule has 1 aliphatic heterocycles. The lowest BCUT2D eigenvalue weighted by Gasteiger charge is -2.25. The van der Waals surface area contributed by atoms with E-state index in [1.165, 1.54) is 21.9 Å². The van der Waals surface area contributed by atoms with Gasteiger partial charge >= 0.3 is 12.2 Å². The summed E-state index contributed by atoms with van der Waals surface area (Å²) in [5.74, 6) is -0.102. The Kier molecular flexibility index (Phi) is 7.31. The molecule has 1 N–H and O–H groups in total. The summed E-state index contributed by atoms with van der Waals surface area (Å²) in [5.41, 5.74) is 6.59. The number of fused-ring (bicyclic) bond motifs is 3. The van der Waals surface area contributed by atoms with E-state index in [0.29, 0.717) is 17.8 Å². The van der Waals surface area contributed by atoms with Crippen molar-refractivity contribution < 1.29 is 24.4 Å². The lowest BCUT2D eigenvalue weighted by molar-refractivity contribution is -0.384. The molecule has 1 aliphatic carbocycles. The highest BCUT2D eigenvalue weighted by molar-refractivity contribution is 5.88. The van der Waals surface area contributed by atoms with Crippen molar-refractivity contribution >= 4 is 23.6 Å². The number of nitro benzene ring substituents is 1. The summed E-state index contributed by atoms with van der Waals surface area (Å²) >= 11 is 0. The molecule has 6 rings (SSSR count). The third-order valence-electron chi connectivity index (χ3n) is 8.13. The van der Waals surface area contributed by atoms with Crippen LogP contribution in [-0.4, -0.2) is 40.3 Å². The zero-order valence-corrected chi connectivity index (χ0v) is 22.8. The van der Waals surface area contributed by atoms with E-state index < -0.39 is 17.1 Å². The molecule has 1 atom stereocenters. The molecule has 9 nitrogen and oxygen atoms in total. The Morgan fingerprint density at radius 2 is 1.52 bits per heavy atom. The van der Waals surface area contributed by atoms with Gasteiger partial charge in [-0.2, -0.15) is 0 Å². The van der Waals surface area contributed by atoms with Gasteiger partial charge in [-0.25, -0.2) is 9.59 Å². The minimum absolute atomic E-state index is 0.0321. The average Bonchev–Trinajstić information content (AvgIpc) is 3.63. The molecule has 42 heavy (non-hydrogen) atoms. The summed E-state index contributed by atoms with van der Waals surface area (Å²) in [6, 6.07) is 29.4. The second kappa shape index (κ2) is 11.4. The van der Waals surface area contributed by atoms with Crippen molar-refractivity contribution in [3.8, 4) is 11.1 Å². The number of ether oxygens (including phenoxy) is 1. The molecule has 4 aromatic rings. The number of carbonyl (C=O) groups is 2. The maximum atomic E-state index is 13.7. The Bertz CT molecular complexity index is 1590. The van der Waals surface area contributed by atoms with Crippen molar-refractivity contribution in [3.63, 3.8) is 0 Å². The summed E-state index contributed by atoms with van der Waals surface area (Å²) in [7, 11) is 0. The second-order valence-corrected chi connectivity index (χ2v) is 10.5. The van der Waals surface area contributed by atoms with E-state index in [-0.39, 0.29) is 30.8 Å². The van der Waals surface area contributed by atoms with Gasteiger partial charge < -0.3 is 14.7 Å². The van der Waals surface area contributed by atoms with E-state index in [9.17, 15) is 24.8 Å². The Morgan fingerprint density at radius 3 is 2.12 bits per heavy atom. The molecule has 4 aromatic carbocycles.